The molecule has 2 aromatic rings. The van der Waals surface area contributed by atoms with Gasteiger partial charge >= 0.3 is 0 Å². The van der Waals surface area contributed by atoms with Gasteiger partial charge in [-0.1, -0.05) is 34.6 Å². The maximum atomic E-state index is 13.7. The van der Waals surface area contributed by atoms with Crippen LogP contribution in [0.5, 0.6) is 11.5 Å². The van der Waals surface area contributed by atoms with Gasteiger partial charge in [0.1, 0.15) is 5.75 Å². The zero-order valence-electron chi connectivity index (χ0n) is 8.84. The molecule has 0 saturated heterocycles. The molecule has 2 aromatic carbocycles. The van der Waals surface area contributed by atoms with Gasteiger partial charge in [-0.05, 0) is 29.8 Å². The van der Waals surface area contributed by atoms with Gasteiger partial charge < -0.3 is 4.74 Å². The highest BCUT2D eigenvalue weighted by atomic mass is 79.9. The fourth-order valence-corrected chi connectivity index (χ4v) is 2.28. The van der Waals surface area contributed by atoms with Crippen molar-refractivity contribution in [3.63, 3.8) is 0 Å². The molecule has 0 bridgehead atoms. The van der Waals surface area contributed by atoms with Crippen LogP contribution in [0, 0.1) is 5.82 Å². The molecule has 1 aliphatic rings. The van der Waals surface area contributed by atoms with Crippen LogP contribution in [0.3, 0.4) is 0 Å². The van der Waals surface area contributed by atoms with E-state index in [2.05, 4.69) is 22.5 Å². The second-order valence-corrected chi connectivity index (χ2v) is 4.75. The molecule has 3 rings (SSSR count). The number of hydrogen-bond donors (Lipinski definition) is 0. The zero-order valence-corrected chi connectivity index (χ0v) is 10.4. The highest BCUT2D eigenvalue weighted by Crippen LogP contribution is 2.44. The minimum atomic E-state index is -0.366. The van der Waals surface area contributed by atoms with Crippen molar-refractivity contribution in [3.05, 3.63) is 64.4 Å². The Morgan fingerprint density at radius 1 is 1.12 bits per heavy atom. The van der Waals surface area contributed by atoms with Crippen molar-refractivity contribution in [2.75, 3.05) is 0 Å². The van der Waals surface area contributed by atoms with Gasteiger partial charge in [0.05, 0.1) is 0 Å². The van der Waals surface area contributed by atoms with E-state index in [1.807, 2.05) is 24.3 Å². The van der Waals surface area contributed by atoms with Gasteiger partial charge in [0.15, 0.2) is 11.6 Å². The minimum absolute atomic E-state index is 0.253. The van der Waals surface area contributed by atoms with Crippen LogP contribution >= 0.6 is 15.9 Å². The van der Waals surface area contributed by atoms with E-state index in [0.717, 1.165) is 15.6 Å². The lowest BCUT2D eigenvalue weighted by molar-refractivity contribution is 0.435. The van der Waals surface area contributed by atoms with Crippen molar-refractivity contribution in [1.82, 2.24) is 0 Å². The third-order valence-corrected chi connectivity index (χ3v) is 3.27. The van der Waals surface area contributed by atoms with Crippen LogP contribution in [0.25, 0.3) is 5.57 Å². The van der Waals surface area contributed by atoms with Crippen molar-refractivity contribution in [2.24, 2.45) is 0 Å². The topological polar surface area (TPSA) is 9.23 Å². The normalized spacial score (nSPS) is 12.7. The number of para-hydroxylation sites is 1. The number of benzene rings is 2. The monoisotopic (exact) mass is 290 g/mol. The smallest absolute Gasteiger partial charge is 0.170 e. The molecule has 0 fully saturated rings. The molecule has 84 valence electrons. The molecule has 0 aromatic heterocycles. The van der Waals surface area contributed by atoms with Crippen molar-refractivity contribution in [2.45, 2.75) is 0 Å². The van der Waals surface area contributed by atoms with E-state index in [-0.39, 0.29) is 11.6 Å². The Hall–Kier alpha value is -1.61. The molecule has 0 atom stereocenters. The molecule has 0 aliphatic carbocycles. The van der Waals surface area contributed by atoms with E-state index in [1.165, 1.54) is 6.07 Å². The lowest BCUT2D eigenvalue weighted by atomic mass is 9.95. The number of ether oxygens (including phenoxy) is 1. The second-order valence-electron chi connectivity index (χ2n) is 3.84. The molecule has 0 saturated carbocycles. The first-order valence-corrected chi connectivity index (χ1v) is 5.91. The third-order valence-electron chi connectivity index (χ3n) is 2.77. The van der Waals surface area contributed by atoms with Crippen LogP contribution in [-0.2, 0) is 0 Å². The van der Waals surface area contributed by atoms with E-state index in [4.69, 9.17) is 4.74 Å². The van der Waals surface area contributed by atoms with Crippen LogP contribution in [0.4, 0.5) is 4.39 Å². The summed E-state index contributed by atoms with van der Waals surface area (Å²) in [5.41, 5.74) is 2.39. The third kappa shape index (κ3) is 1.58. The number of fused-ring (bicyclic) bond motifs is 2. The molecular weight excluding hydrogens is 283 g/mol. The Balaban J connectivity index is 2.25. The Labute approximate surface area is 107 Å². The molecule has 1 heterocycles. The van der Waals surface area contributed by atoms with Crippen molar-refractivity contribution in [3.8, 4) is 11.5 Å². The zero-order chi connectivity index (χ0) is 12.0. The number of hydrogen-bond acceptors (Lipinski definition) is 1. The van der Waals surface area contributed by atoms with E-state index >= 15 is 0 Å². The molecule has 1 nitrogen and oxygen atoms in total. The summed E-state index contributed by atoms with van der Waals surface area (Å²) in [6.45, 7) is 4.01. The first kappa shape index (κ1) is 10.5. The number of halogens is 2. The van der Waals surface area contributed by atoms with Gasteiger partial charge in [-0.3, -0.25) is 0 Å². The number of rotatable bonds is 0. The van der Waals surface area contributed by atoms with E-state index in [0.29, 0.717) is 11.3 Å². The van der Waals surface area contributed by atoms with Gasteiger partial charge in [-0.2, -0.15) is 0 Å². The summed E-state index contributed by atoms with van der Waals surface area (Å²) in [4.78, 5) is 0. The van der Waals surface area contributed by atoms with Crippen molar-refractivity contribution < 1.29 is 9.13 Å². The molecular formula is C14H8BrFO. The maximum Gasteiger partial charge on any atom is 0.170 e. The first-order valence-electron chi connectivity index (χ1n) is 5.12. The van der Waals surface area contributed by atoms with Crippen LogP contribution in [-0.4, -0.2) is 0 Å². The molecule has 0 amide bonds. The Kier molecular flexibility index (Phi) is 2.30. The van der Waals surface area contributed by atoms with Crippen molar-refractivity contribution in [1.29, 1.82) is 0 Å². The molecule has 0 unspecified atom stereocenters. The SMILES string of the molecule is C=C1c2ccc(Br)cc2Oc2c(F)cccc21. The lowest BCUT2D eigenvalue weighted by Crippen LogP contribution is -2.03. The largest absolute Gasteiger partial charge is 0.453 e. The summed E-state index contributed by atoms with van der Waals surface area (Å²) in [6.07, 6.45) is 0. The van der Waals surface area contributed by atoms with Gasteiger partial charge in [-0.25, -0.2) is 4.39 Å². The molecule has 0 spiro atoms. The van der Waals surface area contributed by atoms with Crippen LogP contribution in [0.1, 0.15) is 11.1 Å². The van der Waals surface area contributed by atoms with Crippen LogP contribution in [0.2, 0.25) is 0 Å². The van der Waals surface area contributed by atoms with E-state index in [1.54, 1.807) is 6.07 Å². The highest BCUT2D eigenvalue weighted by Gasteiger charge is 2.22. The van der Waals surface area contributed by atoms with E-state index < -0.39 is 0 Å². The highest BCUT2D eigenvalue weighted by molar-refractivity contribution is 9.10. The van der Waals surface area contributed by atoms with Crippen molar-refractivity contribution >= 4 is 21.5 Å². The average molecular weight is 291 g/mol. The molecule has 17 heavy (non-hydrogen) atoms. The van der Waals surface area contributed by atoms with Gasteiger partial charge in [0.2, 0.25) is 0 Å². The molecule has 1 aliphatic heterocycles. The quantitative estimate of drug-likeness (QED) is 0.580. The molecule has 3 heteroatoms. The Morgan fingerprint density at radius 2 is 1.94 bits per heavy atom. The predicted molar refractivity (Wildman–Crippen MR) is 68.8 cm³/mol. The fraction of sp³-hybridized carbons (Fsp3) is 0. The first-order chi connectivity index (χ1) is 8.16. The summed E-state index contributed by atoms with van der Waals surface area (Å²) >= 11 is 3.37. The van der Waals surface area contributed by atoms with E-state index in [9.17, 15) is 4.39 Å². The minimum Gasteiger partial charge on any atom is -0.453 e. The summed E-state index contributed by atoms with van der Waals surface area (Å²) in [6, 6.07) is 10.5. The standard InChI is InChI=1S/C14H8BrFO/c1-8-10-6-5-9(15)7-13(10)17-14-11(8)3-2-4-12(14)16/h2-7H,1H2. The Bertz CT molecular complexity index is 634. The predicted octanol–water partition coefficient (Wildman–Crippen LogP) is 4.76. The summed E-state index contributed by atoms with van der Waals surface area (Å²) in [7, 11) is 0. The van der Waals surface area contributed by atoms with Crippen LogP contribution in [0.15, 0.2) is 47.4 Å². The molecule has 0 N–H and O–H groups in total. The van der Waals surface area contributed by atoms with Gasteiger partial charge in [0, 0.05) is 15.6 Å². The second kappa shape index (κ2) is 3.70. The average Bonchev–Trinajstić information content (AvgIpc) is 2.30. The lowest BCUT2D eigenvalue weighted by Gasteiger charge is -2.22. The summed E-state index contributed by atoms with van der Waals surface area (Å²) < 4.78 is 20.1. The van der Waals surface area contributed by atoms with Gasteiger partial charge in [-0.15, -0.1) is 0 Å². The summed E-state index contributed by atoms with van der Waals surface area (Å²) in [5, 5.41) is 0. The van der Waals surface area contributed by atoms with Gasteiger partial charge in [0.25, 0.3) is 0 Å². The molecule has 0 radical (unpaired) electrons. The fourth-order valence-electron chi connectivity index (χ4n) is 1.94. The van der Waals surface area contributed by atoms with Crippen LogP contribution < -0.4 is 4.74 Å². The Morgan fingerprint density at radius 3 is 2.76 bits per heavy atom. The summed E-state index contributed by atoms with van der Waals surface area (Å²) in [5.74, 6) is 0.513. The maximum absolute atomic E-state index is 13.7.